The second-order valence-corrected chi connectivity index (χ2v) is 5.28. The smallest absolute Gasteiger partial charge is 0.0783 e. The fourth-order valence-corrected chi connectivity index (χ4v) is 1.79. The molecule has 0 aliphatic rings. The summed E-state index contributed by atoms with van der Waals surface area (Å²) in [5.74, 6) is 0. The Morgan fingerprint density at radius 2 is 2.12 bits per heavy atom. The van der Waals surface area contributed by atoms with E-state index in [9.17, 15) is 5.11 Å². The highest BCUT2D eigenvalue weighted by molar-refractivity contribution is 6.30. The third-order valence-electron chi connectivity index (χ3n) is 2.37. The zero-order valence-electron chi connectivity index (χ0n) is 10.1. The molecule has 0 bridgehead atoms. The lowest BCUT2D eigenvalue weighted by atomic mass is 9.96. The summed E-state index contributed by atoms with van der Waals surface area (Å²) < 4.78 is 0. The van der Waals surface area contributed by atoms with Gasteiger partial charge in [-0.2, -0.15) is 0 Å². The van der Waals surface area contributed by atoms with E-state index in [1.54, 1.807) is 0 Å². The third kappa shape index (κ3) is 4.97. The van der Waals surface area contributed by atoms with Crippen molar-refractivity contribution in [2.45, 2.75) is 38.8 Å². The van der Waals surface area contributed by atoms with Gasteiger partial charge in [0, 0.05) is 24.0 Å². The molecule has 2 N–H and O–H groups in total. The number of hydrogen-bond acceptors (Lipinski definition) is 2. The van der Waals surface area contributed by atoms with Crippen molar-refractivity contribution < 1.29 is 5.11 Å². The van der Waals surface area contributed by atoms with Crippen molar-refractivity contribution >= 4 is 11.6 Å². The molecule has 16 heavy (non-hydrogen) atoms. The first-order chi connectivity index (χ1) is 7.39. The van der Waals surface area contributed by atoms with Gasteiger partial charge in [0.1, 0.15) is 0 Å². The molecule has 90 valence electrons. The molecule has 0 radical (unpaired) electrons. The minimum Gasteiger partial charge on any atom is -0.389 e. The van der Waals surface area contributed by atoms with E-state index < -0.39 is 5.60 Å². The van der Waals surface area contributed by atoms with Crippen molar-refractivity contribution in [3.05, 3.63) is 34.9 Å². The van der Waals surface area contributed by atoms with Gasteiger partial charge in [0.2, 0.25) is 0 Å². The van der Waals surface area contributed by atoms with Crippen LogP contribution in [0.5, 0.6) is 0 Å². The highest BCUT2D eigenvalue weighted by atomic mass is 35.5. The maximum absolute atomic E-state index is 10.2. The number of nitrogens with one attached hydrogen (secondary N) is 1. The lowest BCUT2D eigenvalue weighted by Gasteiger charge is -2.25. The molecule has 3 heteroatoms. The number of rotatable bonds is 5. The number of aliphatic hydroxyl groups is 1. The Balaban J connectivity index is 2.58. The summed E-state index contributed by atoms with van der Waals surface area (Å²) in [4.78, 5) is 0. The largest absolute Gasteiger partial charge is 0.389 e. The van der Waals surface area contributed by atoms with E-state index in [1.165, 1.54) is 0 Å². The second kappa shape index (κ2) is 5.67. The fourth-order valence-electron chi connectivity index (χ4n) is 1.57. The molecule has 1 rings (SSSR count). The van der Waals surface area contributed by atoms with Crippen molar-refractivity contribution in [1.82, 2.24) is 5.32 Å². The molecule has 1 aromatic rings. The summed E-state index contributed by atoms with van der Waals surface area (Å²) in [5, 5.41) is 14.2. The van der Waals surface area contributed by atoms with Gasteiger partial charge in [0.05, 0.1) is 5.60 Å². The molecule has 1 unspecified atom stereocenters. The molecular weight excluding hydrogens is 222 g/mol. The average molecular weight is 242 g/mol. The van der Waals surface area contributed by atoms with E-state index >= 15 is 0 Å². The van der Waals surface area contributed by atoms with Gasteiger partial charge in [-0.15, -0.1) is 0 Å². The Morgan fingerprint density at radius 1 is 1.44 bits per heavy atom. The van der Waals surface area contributed by atoms with Crippen molar-refractivity contribution in [3.63, 3.8) is 0 Å². The number of benzene rings is 1. The SMILES string of the molecule is CC(C)NCC(C)(O)Cc1cccc(Cl)c1. The zero-order valence-corrected chi connectivity index (χ0v) is 10.9. The molecular formula is C13H20ClNO. The lowest BCUT2D eigenvalue weighted by Crippen LogP contribution is -2.42. The molecule has 0 heterocycles. The summed E-state index contributed by atoms with van der Waals surface area (Å²) in [6.07, 6.45) is 0.604. The van der Waals surface area contributed by atoms with E-state index in [-0.39, 0.29) is 0 Å². The van der Waals surface area contributed by atoms with Crippen LogP contribution in [0.1, 0.15) is 26.3 Å². The topological polar surface area (TPSA) is 32.3 Å². The van der Waals surface area contributed by atoms with Crippen LogP contribution in [0.15, 0.2) is 24.3 Å². The Kier molecular flexibility index (Phi) is 4.78. The standard InChI is InChI=1S/C13H20ClNO/c1-10(2)15-9-13(3,16)8-11-5-4-6-12(14)7-11/h4-7,10,15-16H,8-9H2,1-3H3. The molecule has 2 nitrogen and oxygen atoms in total. The first-order valence-corrected chi connectivity index (χ1v) is 5.97. The summed E-state index contributed by atoms with van der Waals surface area (Å²) in [7, 11) is 0. The lowest BCUT2D eigenvalue weighted by molar-refractivity contribution is 0.0581. The van der Waals surface area contributed by atoms with Crippen molar-refractivity contribution in [2.75, 3.05) is 6.54 Å². The van der Waals surface area contributed by atoms with E-state index in [4.69, 9.17) is 11.6 Å². The van der Waals surface area contributed by atoms with Crippen LogP contribution >= 0.6 is 11.6 Å². The summed E-state index contributed by atoms with van der Waals surface area (Å²) in [6, 6.07) is 8.00. The van der Waals surface area contributed by atoms with Crippen molar-refractivity contribution in [1.29, 1.82) is 0 Å². The second-order valence-electron chi connectivity index (χ2n) is 4.84. The van der Waals surface area contributed by atoms with Gasteiger partial charge in [-0.3, -0.25) is 0 Å². The molecule has 0 amide bonds. The molecule has 0 spiro atoms. The van der Waals surface area contributed by atoms with E-state index in [1.807, 2.05) is 31.2 Å². The normalized spacial score (nSPS) is 15.1. The van der Waals surface area contributed by atoms with Crippen molar-refractivity contribution in [3.8, 4) is 0 Å². The zero-order chi connectivity index (χ0) is 12.2. The fraction of sp³-hybridized carbons (Fsp3) is 0.538. The predicted molar refractivity (Wildman–Crippen MR) is 68.9 cm³/mol. The van der Waals surface area contributed by atoms with Gasteiger partial charge >= 0.3 is 0 Å². The summed E-state index contributed by atoms with van der Waals surface area (Å²) >= 11 is 5.90. The van der Waals surface area contributed by atoms with Gasteiger partial charge in [-0.1, -0.05) is 37.6 Å². The van der Waals surface area contributed by atoms with Crippen LogP contribution in [0, 0.1) is 0 Å². The van der Waals surface area contributed by atoms with Crippen LogP contribution in [0.4, 0.5) is 0 Å². The maximum atomic E-state index is 10.2. The van der Waals surface area contributed by atoms with Crippen LogP contribution < -0.4 is 5.32 Å². The van der Waals surface area contributed by atoms with Crippen LogP contribution in [0.25, 0.3) is 0 Å². The molecule has 1 aromatic carbocycles. The van der Waals surface area contributed by atoms with E-state index in [0.717, 1.165) is 5.56 Å². The molecule has 0 saturated carbocycles. The Hall–Kier alpha value is -0.570. The van der Waals surface area contributed by atoms with Gasteiger partial charge in [-0.05, 0) is 24.6 Å². The van der Waals surface area contributed by atoms with Crippen LogP contribution in [-0.2, 0) is 6.42 Å². The Bertz CT molecular complexity index is 336. The first kappa shape index (κ1) is 13.5. The minimum absolute atomic E-state index is 0.380. The molecule has 0 aromatic heterocycles. The minimum atomic E-state index is -0.741. The molecule has 0 aliphatic carbocycles. The molecule has 0 aliphatic heterocycles. The molecule has 1 atom stereocenters. The molecule has 0 saturated heterocycles. The summed E-state index contributed by atoms with van der Waals surface area (Å²) in [5.41, 5.74) is 0.317. The Labute approximate surface area is 103 Å². The molecule has 0 fully saturated rings. The average Bonchev–Trinajstić information content (AvgIpc) is 2.14. The van der Waals surface area contributed by atoms with Gasteiger partial charge in [0.25, 0.3) is 0 Å². The summed E-state index contributed by atoms with van der Waals surface area (Å²) in [6.45, 7) is 6.55. The predicted octanol–water partition coefficient (Wildman–Crippen LogP) is 2.63. The van der Waals surface area contributed by atoms with Gasteiger partial charge in [-0.25, -0.2) is 0 Å². The monoisotopic (exact) mass is 241 g/mol. The van der Waals surface area contributed by atoms with E-state index in [0.29, 0.717) is 24.0 Å². The third-order valence-corrected chi connectivity index (χ3v) is 2.60. The quantitative estimate of drug-likeness (QED) is 0.831. The Morgan fingerprint density at radius 3 is 2.69 bits per heavy atom. The maximum Gasteiger partial charge on any atom is 0.0783 e. The van der Waals surface area contributed by atoms with Gasteiger partial charge < -0.3 is 10.4 Å². The van der Waals surface area contributed by atoms with Crippen LogP contribution in [0.3, 0.4) is 0 Å². The first-order valence-electron chi connectivity index (χ1n) is 5.59. The van der Waals surface area contributed by atoms with E-state index in [2.05, 4.69) is 19.2 Å². The number of hydrogen-bond donors (Lipinski definition) is 2. The highest BCUT2D eigenvalue weighted by Gasteiger charge is 2.20. The van der Waals surface area contributed by atoms with Crippen LogP contribution in [0.2, 0.25) is 5.02 Å². The van der Waals surface area contributed by atoms with Crippen LogP contribution in [-0.4, -0.2) is 23.3 Å². The highest BCUT2D eigenvalue weighted by Crippen LogP contribution is 2.16. The van der Waals surface area contributed by atoms with Crippen molar-refractivity contribution in [2.24, 2.45) is 0 Å². The number of halogens is 1. The van der Waals surface area contributed by atoms with Gasteiger partial charge in [0.15, 0.2) is 0 Å².